The molecule has 0 fully saturated rings. The zero-order chi connectivity index (χ0) is 18.2. The zero-order valence-electron chi connectivity index (χ0n) is 16.4. The van der Waals surface area contributed by atoms with E-state index in [9.17, 15) is 10.2 Å². The molecule has 0 heterocycles. The van der Waals surface area contributed by atoms with Gasteiger partial charge in [-0.2, -0.15) is 0 Å². The van der Waals surface area contributed by atoms with Crippen LogP contribution in [0.25, 0.3) is 0 Å². The SMILES string of the molecule is CCCCCCCCCCCCCCCCCc1ccc(O)c(O)c1. The Hall–Kier alpha value is -1.18. The van der Waals surface area contributed by atoms with Crippen molar-refractivity contribution in [3.63, 3.8) is 0 Å². The summed E-state index contributed by atoms with van der Waals surface area (Å²) in [5.74, 6) is -0.0290. The summed E-state index contributed by atoms with van der Waals surface area (Å²) in [6.45, 7) is 2.28. The third kappa shape index (κ3) is 11.9. The summed E-state index contributed by atoms with van der Waals surface area (Å²) in [6, 6.07) is 5.16. The standard InChI is InChI=1S/C23H40O2/c1-2-3-4-5-6-7-8-9-10-11-12-13-14-15-16-17-21-18-19-22(24)23(25)20-21/h18-20,24-25H,2-17H2,1H3. The van der Waals surface area contributed by atoms with Crippen molar-refractivity contribution < 1.29 is 10.2 Å². The average molecular weight is 349 g/mol. The fourth-order valence-electron chi connectivity index (χ4n) is 3.42. The van der Waals surface area contributed by atoms with Crippen molar-refractivity contribution in [2.45, 2.75) is 110 Å². The molecule has 0 amide bonds. The summed E-state index contributed by atoms with van der Waals surface area (Å²) >= 11 is 0. The number of unbranched alkanes of at least 4 members (excludes halogenated alkanes) is 14. The van der Waals surface area contributed by atoms with E-state index in [0.29, 0.717) is 0 Å². The van der Waals surface area contributed by atoms with Crippen LogP contribution in [0.5, 0.6) is 11.5 Å². The molecule has 2 nitrogen and oxygen atoms in total. The summed E-state index contributed by atoms with van der Waals surface area (Å²) in [5, 5.41) is 18.8. The van der Waals surface area contributed by atoms with E-state index in [1.54, 1.807) is 12.1 Å². The summed E-state index contributed by atoms with van der Waals surface area (Å²) in [4.78, 5) is 0. The highest BCUT2D eigenvalue weighted by Crippen LogP contribution is 2.25. The van der Waals surface area contributed by atoms with Crippen molar-refractivity contribution in [2.75, 3.05) is 0 Å². The maximum Gasteiger partial charge on any atom is 0.157 e. The first-order chi connectivity index (χ1) is 12.2. The molecule has 1 aromatic rings. The van der Waals surface area contributed by atoms with E-state index in [1.165, 1.54) is 96.3 Å². The highest BCUT2D eigenvalue weighted by Gasteiger charge is 2.00. The van der Waals surface area contributed by atoms with E-state index in [4.69, 9.17) is 0 Å². The minimum Gasteiger partial charge on any atom is -0.504 e. The largest absolute Gasteiger partial charge is 0.504 e. The molecule has 25 heavy (non-hydrogen) atoms. The molecule has 2 N–H and O–H groups in total. The predicted octanol–water partition coefficient (Wildman–Crippen LogP) is 7.51. The van der Waals surface area contributed by atoms with E-state index >= 15 is 0 Å². The molecule has 0 aliphatic rings. The van der Waals surface area contributed by atoms with Gasteiger partial charge in [0.1, 0.15) is 0 Å². The molecular formula is C23H40O2. The Morgan fingerprint density at radius 1 is 0.560 bits per heavy atom. The summed E-state index contributed by atoms with van der Waals surface area (Å²) < 4.78 is 0. The predicted molar refractivity (Wildman–Crippen MR) is 108 cm³/mol. The number of aryl methyl sites for hydroxylation is 1. The molecule has 0 radical (unpaired) electrons. The fourth-order valence-corrected chi connectivity index (χ4v) is 3.42. The van der Waals surface area contributed by atoms with Gasteiger partial charge in [0.05, 0.1) is 0 Å². The molecule has 0 saturated carbocycles. The quantitative estimate of drug-likeness (QED) is 0.240. The van der Waals surface area contributed by atoms with Gasteiger partial charge < -0.3 is 10.2 Å². The van der Waals surface area contributed by atoms with Crippen LogP contribution in [0.3, 0.4) is 0 Å². The van der Waals surface area contributed by atoms with Gasteiger partial charge >= 0.3 is 0 Å². The molecule has 0 aliphatic heterocycles. The molecule has 1 rings (SSSR count). The van der Waals surface area contributed by atoms with Gasteiger partial charge in [0, 0.05) is 0 Å². The molecule has 1 aromatic carbocycles. The van der Waals surface area contributed by atoms with Gasteiger partial charge in [-0.1, -0.05) is 103 Å². The minimum atomic E-state index is -0.0276. The second-order valence-electron chi connectivity index (χ2n) is 7.52. The number of aromatic hydroxyl groups is 2. The number of phenolic OH excluding ortho intramolecular Hbond substituents is 2. The molecule has 0 saturated heterocycles. The first-order valence-electron chi connectivity index (χ1n) is 10.7. The molecule has 0 aromatic heterocycles. The van der Waals surface area contributed by atoms with E-state index < -0.39 is 0 Å². The maximum atomic E-state index is 9.48. The smallest absolute Gasteiger partial charge is 0.157 e. The zero-order valence-corrected chi connectivity index (χ0v) is 16.4. The van der Waals surface area contributed by atoms with Crippen LogP contribution < -0.4 is 0 Å². The van der Waals surface area contributed by atoms with Crippen molar-refractivity contribution in [3.8, 4) is 11.5 Å². The van der Waals surface area contributed by atoms with Crippen LogP contribution >= 0.6 is 0 Å². The van der Waals surface area contributed by atoms with E-state index in [0.717, 1.165) is 12.0 Å². The van der Waals surface area contributed by atoms with E-state index in [1.807, 2.05) is 6.07 Å². The molecule has 144 valence electrons. The van der Waals surface area contributed by atoms with E-state index in [-0.39, 0.29) is 11.5 Å². The Bertz CT molecular complexity index is 428. The lowest BCUT2D eigenvalue weighted by atomic mass is 10.0. The van der Waals surface area contributed by atoms with Crippen molar-refractivity contribution in [3.05, 3.63) is 23.8 Å². The number of hydrogen-bond acceptors (Lipinski definition) is 2. The van der Waals surface area contributed by atoms with Gasteiger partial charge in [0.25, 0.3) is 0 Å². The lowest BCUT2D eigenvalue weighted by Gasteiger charge is -2.05. The summed E-state index contributed by atoms with van der Waals surface area (Å²) in [6.07, 6.45) is 21.7. The molecule has 0 bridgehead atoms. The van der Waals surface area contributed by atoms with Gasteiger partial charge in [-0.15, -0.1) is 0 Å². The van der Waals surface area contributed by atoms with Crippen LogP contribution in [0, 0.1) is 0 Å². The number of rotatable bonds is 16. The van der Waals surface area contributed by atoms with E-state index in [2.05, 4.69) is 6.92 Å². The van der Waals surface area contributed by atoms with Crippen LogP contribution in [0.4, 0.5) is 0 Å². The first-order valence-corrected chi connectivity index (χ1v) is 10.7. The van der Waals surface area contributed by atoms with Gasteiger partial charge in [0.15, 0.2) is 11.5 Å². The van der Waals surface area contributed by atoms with Crippen molar-refractivity contribution >= 4 is 0 Å². The Morgan fingerprint density at radius 3 is 1.44 bits per heavy atom. The lowest BCUT2D eigenvalue weighted by Crippen LogP contribution is -1.87. The highest BCUT2D eigenvalue weighted by atomic mass is 16.3. The van der Waals surface area contributed by atoms with Gasteiger partial charge in [0.2, 0.25) is 0 Å². The Morgan fingerprint density at radius 2 is 1.00 bits per heavy atom. The highest BCUT2D eigenvalue weighted by molar-refractivity contribution is 5.40. The Balaban J connectivity index is 1.81. The Kier molecular flexibility index (Phi) is 13.2. The van der Waals surface area contributed by atoms with Crippen LogP contribution in [0.2, 0.25) is 0 Å². The molecule has 0 atom stereocenters. The fraction of sp³-hybridized carbons (Fsp3) is 0.739. The monoisotopic (exact) mass is 348 g/mol. The molecular weight excluding hydrogens is 308 g/mol. The summed E-state index contributed by atoms with van der Waals surface area (Å²) in [7, 11) is 0. The summed E-state index contributed by atoms with van der Waals surface area (Å²) in [5.41, 5.74) is 1.12. The van der Waals surface area contributed by atoms with Crippen molar-refractivity contribution in [2.24, 2.45) is 0 Å². The number of phenols is 2. The first kappa shape index (κ1) is 21.9. The van der Waals surface area contributed by atoms with Crippen LogP contribution in [0.1, 0.15) is 109 Å². The van der Waals surface area contributed by atoms with Crippen LogP contribution in [-0.2, 0) is 6.42 Å². The van der Waals surface area contributed by atoms with Crippen LogP contribution in [0.15, 0.2) is 18.2 Å². The topological polar surface area (TPSA) is 40.5 Å². The second kappa shape index (κ2) is 15.1. The van der Waals surface area contributed by atoms with Crippen LogP contribution in [-0.4, -0.2) is 10.2 Å². The lowest BCUT2D eigenvalue weighted by molar-refractivity contribution is 0.403. The molecule has 0 spiro atoms. The number of benzene rings is 1. The average Bonchev–Trinajstić information content (AvgIpc) is 2.61. The third-order valence-electron chi connectivity index (χ3n) is 5.11. The van der Waals surface area contributed by atoms with Gasteiger partial charge in [-0.05, 0) is 30.5 Å². The normalized spacial score (nSPS) is 11.1. The second-order valence-corrected chi connectivity index (χ2v) is 7.52. The molecule has 0 unspecified atom stereocenters. The minimum absolute atomic E-state index is 0.00143. The number of hydrogen-bond donors (Lipinski definition) is 2. The third-order valence-corrected chi connectivity index (χ3v) is 5.11. The molecule has 0 aliphatic carbocycles. The van der Waals surface area contributed by atoms with Gasteiger partial charge in [-0.25, -0.2) is 0 Å². The van der Waals surface area contributed by atoms with Gasteiger partial charge in [-0.3, -0.25) is 0 Å². The Labute approximate surface area is 155 Å². The molecule has 2 heteroatoms. The van der Waals surface area contributed by atoms with Crippen molar-refractivity contribution in [1.82, 2.24) is 0 Å². The maximum absolute atomic E-state index is 9.48. The van der Waals surface area contributed by atoms with Crippen molar-refractivity contribution in [1.29, 1.82) is 0 Å².